The lowest BCUT2D eigenvalue weighted by Gasteiger charge is -2.38. The summed E-state index contributed by atoms with van der Waals surface area (Å²) in [7, 11) is 2.15. The fourth-order valence-electron chi connectivity index (χ4n) is 3.39. The van der Waals surface area contributed by atoms with Crippen molar-refractivity contribution in [3.63, 3.8) is 0 Å². The highest BCUT2D eigenvalue weighted by molar-refractivity contribution is 7.07. The highest BCUT2D eigenvalue weighted by Gasteiger charge is 2.43. The summed E-state index contributed by atoms with van der Waals surface area (Å²) in [5.41, 5.74) is 1.23. The molecule has 0 spiro atoms. The van der Waals surface area contributed by atoms with Gasteiger partial charge in [-0.05, 0) is 55.2 Å². The molecule has 1 amide bonds. The van der Waals surface area contributed by atoms with Crippen molar-refractivity contribution >= 4 is 17.2 Å². The summed E-state index contributed by atoms with van der Waals surface area (Å²) >= 11 is 1.70. The average molecular weight is 293 g/mol. The SMILES string of the molecule is CCC1NC(c2ccsc2)N(C2CCCN(C)C2)C1=O. The molecule has 1 N–H and O–H groups in total. The number of rotatable bonds is 3. The van der Waals surface area contributed by atoms with Gasteiger partial charge in [0, 0.05) is 12.6 Å². The van der Waals surface area contributed by atoms with Gasteiger partial charge in [-0.15, -0.1) is 0 Å². The van der Waals surface area contributed by atoms with E-state index >= 15 is 0 Å². The molecular formula is C15H23N3OS. The number of carbonyl (C=O) groups is 1. The number of thiophene rings is 1. The first-order valence-electron chi connectivity index (χ1n) is 7.49. The molecule has 2 aliphatic heterocycles. The zero-order valence-corrected chi connectivity index (χ0v) is 13.0. The summed E-state index contributed by atoms with van der Waals surface area (Å²) in [5, 5.41) is 7.76. The van der Waals surface area contributed by atoms with E-state index in [1.54, 1.807) is 11.3 Å². The third-order valence-corrected chi connectivity index (χ3v) is 5.15. The maximum absolute atomic E-state index is 12.7. The second-order valence-corrected chi connectivity index (χ2v) is 6.67. The molecule has 1 aromatic rings. The third kappa shape index (κ3) is 2.50. The van der Waals surface area contributed by atoms with Gasteiger partial charge >= 0.3 is 0 Å². The molecule has 4 nitrogen and oxygen atoms in total. The van der Waals surface area contributed by atoms with Crippen LogP contribution in [0.3, 0.4) is 0 Å². The van der Waals surface area contributed by atoms with Gasteiger partial charge in [0.05, 0.1) is 6.04 Å². The topological polar surface area (TPSA) is 35.6 Å². The first kappa shape index (κ1) is 14.0. The van der Waals surface area contributed by atoms with Gasteiger partial charge in [0.25, 0.3) is 0 Å². The summed E-state index contributed by atoms with van der Waals surface area (Å²) < 4.78 is 0. The van der Waals surface area contributed by atoms with Crippen LogP contribution in [-0.2, 0) is 4.79 Å². The molecular weight excluding hydrogens is 270 g/mol. The fourth-order valence-corrected chi connectivity index (χ4v) is 4.07. The molecule has 3 unspecified atom stereocenters. The number of nitrogens with one attached hydrogen (secondary N) is 1. The standard InChI is InChI=1S/C15H23N3OS/c1-3-13-15(19)18(12-5-4-7-17(2)9-12)14(16-13)11-6-8-20-10-11/h6,8,10,12-14,16H,3-5,7,9H2,1-2H3. The van der Waals surface area contributed by atoms with Gasteiger partial charge < -0.3 is 9.80 Å². The van der Waals surface area contributed by atoms with Crippen molar-refractivity contribution in [1.82, 2.24) is 15.1 Å². The van der Waals surface area contributed by atoms with Gasteiger partial charge in [0.2, 0.25) is 5.91 Å². The van der Waals surface area contributed by atoms with E-state index in [9.17, 15) is 4.79 Å². The van der Waals surface area contributed by atoms with Gasteiger partial charge in [-0.3, -0.25) is 10.1 Å². The Morgan fingerprint density at radius 3 is 3.00 bits per heavy atom. The van der Waals surface area contributed by atoms with Gasteiger partial charge in [0.15, 0.2) is 0 Å². The Kier molecular flexibility index (Phi) is 4.10. The molecule has 0 radical (unpaired) electrons. The van der Waals surface area contributed by atoms with Crippen LogP contribution in [0.1, 0.15) is 37.9 Å². The van der Waals surface area contributed by atoms with E-state index < -0.39 is 0 Å². The Hall–Kier alpha value is -0.910. The van der Waals surface area contributed by atoms with E-state index in [0.717, 1.165) is 25.9 Å². The Bertz CT molecular complexity index is 462. The Balaban J connectivity index is 1.85. The molecule has 5 heteroatoms. The van der Waals surface area contributed by atoms with Crippen LogP contribution in [0.15, 0.2) is 16.8 Å². The quantitative estimate of drug-likeness (QED) is 0.926. The van der Waals surface area contributed by atoms with Crippen molar-refractivity contribution in [2.24, 2.45) is 0 Å². The zero-order valence-electron chi connectivity index (χ0n) is 12.2. The fraction of sp³-hybridized carbons (Fsp3) is 0.667. The minimum atomic E-state index is -0.0212. The minimum absolute atomic E-state index is 0.0212. The largest absolute Gasteiger partial charge is 0.317 e. The van der Waals surface area contributed by atoms with Gasteiger partial charge in [-0.1, -0.05) is 6.92 Å². The zero-order chi connectivity index (χ0) is 14.1. The maximum atomic E-state index is 12.7. The van der Waals surface area contributed by atoms with E-state index in [4.69, 9.17) is 0 Å². The highest BCUT2D eigenvalue weighted by atomic mass is 32.1. The molecule has 0 aliphatic carbocycles. The lowest BCUT2D eigenvalue weighted by Crippen LogP contribution is -2.49. The molecule has 20 heavy (non-hydrogen) atoms. The second kappa shape index (κ2) is 5.84. The van der Waals surface area contributed by atoms with Gasteiger partial charge in [-0.25, -0.2) is 0 Å². The van der Waals surface area contributed by atoms with Crippen LogP contribution < -0.4 is 5.32 Å². The van der Waals surface area contributed by atoms with Crippen molar-refractivity contribution in [1.29, 1.82) is 0 Å². The van der Waals surface area contributed by atoms with E-state index in [2.05, 4.69) is 45.9 Å². The van der Waals surface area contributed by atoms with Gasteiger partial charge in [-0.2, -0.15) is 11.3 Å². The van der Waals surface area contributed by atoms with E-state index in [1.165, 1.54) is 12.0 Å². The number of carbonyl (C=O) groups excluding carboxylic acids is 1. The number of nitrogens with zero attached hydrogens (tertiary/aromatic N) is 2. The first-order valence-corrected chi connectivity index (χ1v) is 8.44. The molecule has 2 fully saturated rings. The molecule has 0 bridgehead atoms. The lowest BCUT2D eigenvalue weighted by molar-refractivity contribution is -0.133. The number of likely N-dealkylation sites (N-methyl/N-ethyl adjacent to an activating group) is 1. The number of amides is 1. The van der Waals surface area contributed by atoms with Crippen molar-refractivity contribution in [3.05, 3.63) is 22.4 Å². The molecule has 1 aromatic heterocycles. The van der Waals surface area contributed by atoms with Crippen LogP contribution in [0.2, 0.25) is 0 Å². The molecule has 0 aromatic carbocycles. The number of hydrogen-bond donors (Lipinski definition) is 1. The molecule has 110 valence electrons. The van der Waals surface area contributed by atoms with Crippen molar-refractivity contribution < 1.29 is 4.79 Å². The highest BCUT2D eigenvalue weighted by Crippen LogP contribution is 2.32. The monoisotopic (exact) mass is 293 g/mol. The number of likely N-dealkylation sites (tertiary alicyclic amines) is 1. The smallest absolute Gasteiger partial charge is 0.241 e. The normalized spacial score (nSPS) is 32.0. The molecule has 2 saturated heterocycles. The van der Waals surface area contributed by atoms with Crippen LogP contribution in [0.4, 0.5) is 0 Å². The van der Waals surface area contributed by atoms with Crippen molar-refractivity contribution in [2.75, 3.05) is 20.1 Å². The number of hydrogen-bond acceptors (Lipinski definition) is 4. The molecule has 0 saturated carbocycles. The second-order valence-electron chi connectivity index (χ2n) is 5.89. The summed E-state index contributed by atoms with van der Waals surface area (Å²) in [5.74, 6) is 0.281. The maximum Gasteiger partial charge on any atom is 0.241 e. The average Bonchev–Trinajstić information content (AvgIpc) is 3.05. The van der Waals surface area contributed by atoms with Crippen LogP contribution in [-0.4, -0.2) is 47.9 Å². The number of piperidine rings is 1. The van der Waals surface area contributed by atoms with Crippen molar-refractivity contribution in [3.8, 4) is 0 Å². The van der Waals surface area contributed by atoms with E-state index in [0.29, 0.717) is 6.04 Å². The lowest BCUT2D eigenvalue weighted by atomic mass is 10.0. The Morgan fingerprint density at radius 2 is 2.35 bits per heavy atom. The Morgan fingerprint density at radius 1 is 1.50 bits per heavy atom. The van der Waals surface area contributed by atoms with Crippen LogP contribution in [0.25, 0.3) is 0 Å². The van der Waals surface area contributed by atoms with Crippen LogP contribution in [0, 0.1) is 0 Å². The molecule has 3 rings (SSSR count). The summed E-state index contributed by atoms with van der Waals surface area (Å²) in [6, 6.07) is 2.45. The van der Waals surface area contributed by atoms with Crippen LogP contribution in [0.5, 0.6) is 0 Å². The first-order chi connectivity index (χ1) is 9.70. The predicted octanol–water partition coefficient (Wildman–Crippen LogP) is 2.05. The Labute approximate surface area is 124 Å². The van der Waals surface area contributed by atoms with E-state index in [1.807, 2.05) is 0 Å². The predicted molar refractivity (Wildman–Crippen MR) is 81.6 cm³/mol. The molecule has 3 atom stereocenters. The minimum Gasteiger partial charge on any atom is -0.317 e. The summed E-state index contributed by atoms with van der Waals surface area (Å²) in [4.78, 5) is 17.2. The molecule has 3 heterocycles. The van der Waals surface area contributed by atoms with Crippen molar-refractivity contribution in [2.45, 2.75) is 44.4 Å². The molecule has 2 aliphatic rings. The summed E-state index contributed by atoms with van der Waals surface area (Å²) in [6.45, 7) is 4.22. The van der Waals surface area contributed by atoms with Crippen LogP contribution >= 0.6 is 11.3 Å². The van der Waals surface area contributed by atoms with E-state index in [-0.39, 0.29) is 18.1 Å². The van der Waals surface area contributed by atoms with Gasteiger partial charge in [0.1, 0.15) is 6.17 Å². The summed E-state index contributed by atoms with van der Waals surface area (Å²) in [6.07, 6.45) is 3.22. The third-order valence-electron chi connectivity index (χ3n) is 4.45.